The molecular weight excluding hydrogens is 260 g/mol. The molecule has 0 fully saturated rings. The van der Waals surface area contributed by atoms with E-state index >= 15 is 0 Å². The average Bonchev–Trinajstić information content (AvgIpc) is 2.17. The van der Waals surface area contributed by atoms with Gasteiger partial charge in [-0.2, -0.15) is 0 Å². The van der Waals surface area contributed by atoms with E-state index in [9.17, 15) is 9.59 Å². The van der Waals surface area contributed by atoms with Gasteiger partial charge in [0.05, 0.1) is 6.42 Å². The van der Waals surface area contributed by atoms with E-state index in [-0.39, 0.29) is 18.8 Å². The van der Waals surface area contributed by atoms with Crippen LogP contribution in [0.2, 0.25) is 0 Å². The first-order valence-corrected chi connectivity index (χ1v) is 5.33. The highest BCUT2D eigenvalue weighted by Gasteiger charge is 2.14. The van der Waals surface area contributed by atoms with Crippen molar-refractivity contribution < 1.29 is 14.7 Å². The lowest BCUT2D eigenvalue weighted by molar-refractivity contribution is -0.137. The Balaban J connectivity index is 2.83. The summed E-state index contributed by atoms with van der Waals surface area (Å²) in [5.74, 6) is -1.11. The lowest BCUT2D eigenvalue weighted by Gasteiger charge is -2.11. The van der Waals surface area contributed by atoms with Gasteiger partial charge < -0.3 is 9.90 Å². The molecule has 0 aliphatic heterocycles. The van der Waals surface area contributed by atoms with E-state index in [4.69, 9.17) is 5.11 Å². The molecule has 0 amide bonds. The molecule has 0 heterocycles. The number of benzene rings is 1. The highest BCUT2D eigenvalue weighted by atomic mass is 79.9. The predicted molar refractivity (Wildman–Crippen MR) is 59.8 cm³/mol. The van der Waals surface area contributed by atoms with Gasteiger partial charge in [-0.05, 0) is 17.7 Å². The number of hydrogen-bond acceptors (Lipinski definition) is 2. The normalized spacial score (nSPS) is 12.1. The molecule has 0 aliphatic carbocycles. The second kappa shape index (κ2) is 5.66. The molecule has 0 bridgehead atoms. The minimum Gasteiger partial charge on any atom is -0.481 e. The van der Waals surface area contributed by atoms with Gasteiger partial charge in [0, 0.05) is 16.8 Å². The van der Waals surface area contributed by atoms with Crippen LogP contribution >= 0.6 is 15.9 Å². The van der Waals surface area contributed by atoms with Gasteiger partial charge in [0.2, 0.25) is 0 Å². The molecule has 1 aromatic rings. The molecule has 1 atom stereocenters. The largest absolute Gasteiger partial charge is 0.481 e. The molecule has 0 aromatic heterocycles. The minimum absolute atomic E-state index is 0.0135. The second-order valence-corrected chi connectivity index (χ2v) is 4.16. The second-order valence-electron chi connectivity index (χ2n) is 3.25. The van der Waals surface area contributed by atoms with Crippen molar-refractivity contribution in [2.24, 2.45) is 0 Å². The van der Waals surface area contributed by atoms with E-state index < -0.39 is 5.97 Å². The Morgan fingerprint density at radius 2 is 2.00 bits per heavy atom. The first-order valence-electron chi connectivity index (χ1n) is 4.54. The van der Waals surface area contributed by atoms with E-state index in [0.29, 0.717) is 0 Å². The molecule has 0 aliphatic rings. The van der Waals surface area contributed by atoms with E-state index in [0.717, 1.165) is 16.3 Å². The third-order valence-corrected chi connectivity index (χ3v) is 2.67. The fraction of sp³-hybridized carbons (Fsp3) is 0.273. The monoisotopic (exact) mass is 270 g/mol. The quantitative estimate of drug-likeness (QED) is 0.837. The highest BCUT2D eigenvalue weighted by molar-refractivity contribution is 9.10. The van der Waals surface area contributed by atoms with Gasteiger partial charge in [-0.3, -0.25) is 4.79 Å². The van der Waals surface area contributed by atoms with Crippen molar-refractivity contribution >= 4 is 28.2 Å². The number of carbonyl (C=O) groups is 2. The van der Waals surface area contributed by atoms with Crippen molar-refractivity contribution in [1.29, 1.82) is 0 Å². The Labute approximate surface area is 96.2 Å². The molecule has 0 saturated heterocycles. The van der Waals surface area contributed by atoms with Crippen LogP contribution in [0.4, 0.5) is 0 Å². The molecule has 0 spiro atoms. The van der Waals surface area contributed by atoms with Gasteiger partial charge in [0.25, 0.3) is 0 Å². The molecule has 1 N–H and O–H groups in total. The summed E-state index contributed by atoms with van der Waals surface area (Å²) in [6.07, 6.45) is 0.990. The molecule has 4 heteroatoms. The van der Waals surface area contributed by atoms with Crippen molar-refractivity contribution in [2.45, 2.75) is 18.8 Å². The van der Waals surface area contributed by atoms with Gasteiger partial charge in [-0.25, -0.2) is 0 Å². The van der Waals surface area contributed by atoms with Crippen LogP contribution in [-0.4, -0.2) is 17.4 Å². The third-order valence-electron chi connectivity index (χ3n) is 2.14. The van der Waals surface area contributed by atoms with Gasteiger partial charge in [0.1, 0.15) is 6.29 Å². The van der Waals surface area contributed by atoms with Crippen LogP contribution < -0.4 is 0 Å². The number of halogens is 1. The molecular formula is C11H11BrO3. The van der Waals surface area contributed by atoms with Crippen molar-refractivity contribution in [3.05, 3.63) is 34.3 Å². The Bertz CT molecular complexity index is 345. The fourth-order valence-electron chi connectivity index (χ4n) is 1.40. The zero-order chi connectivity index (χ0) is 11.3. The molecule has 1 aromatic carbocycles. The Morgan fingerprint density at radius 1 is 1.40 bits per heavy atom. The molecule has 1 unspecified atom stereocenters. The number of carboxylic acids is 1. The maximum Gasteiger partial charge on any atom is 0.303 e. The zero-order valence-electron chi connectivity index (χ0n) is 8.02. The molecule has 3 nitrogen and oxygen atoms in total. The highest BCUT2D eigenvalue weighted by Crippen LogP contribution is 2.24. The van der Waals surface area contributed by atoms with Crippen LogP contribution in [0.15, 0.2) is 28.7 Å². The average molecular weight is 271 g/mol. The van der Waals surface area contributed by atoms with Crippen LogP contribution in [0.5, 0.6) is 0 Å². The molecule has 15 heavy (non-hydrogen) atoms. The summed E-state index contributed by atoms with van der Waals surface area (Å²) in [6.45, 7) is 0. The topological polar surface area (TPSA) is 54.4 Å². The van der Waals surface area contributed by atoms with E-state index in [2.05, 4.69) is 15.9 Å². The maximum atomic E-state index is 10.6. The number of aliphatic carboxylic acids is 1. The standard InChI is InChI=1S/C11H11BrO3/c12-10-3-1-8(2-4-10)9(5-6-13)7-11(14)15/h1-4,6,9H,5,7H2,(H,14,15). The Hall–Kier alpha value is -1.16. The Morgan fingerprint density at radius 3 is 2.47 bits per heavy atom. The maximum absolute atomic E-state index is 10.6. The first-order chi connectivity index (χ1) is 7.13. The zero-order valence-corrected chi connectivity index (χ0v) is 9.61. The van der Waals surface area contributed by atoms with Crippen molar-refractivity contribution in [3.8, 4) is 0 Å². The predicted octanol–water partition coefficient (Wildman–Crippen LogP) is 2.60. The summed E-state index contributed by atoms with van der Waals surface area (Å²) in [7, 11) is 0. The lowest BCUT2D eigenvalue weighted by atomic mass is 9.93. The smallest absolute Gasteiger partial charge is 0.303 e. The van der Waals surface area contributed by atoms with Crippen LogP contribution in [0.25, 0.3) is 0 Å². The number of carboxylic acid groups (broad SMARTS) is 1. The van der Waals surface area contributed by atoms with Crippen LogP contribution in [-0.2, 0) is 9.59 Å². The number of hydrogen-bond donors (Lipinski definition) is 1. The summed E-state index contributed by atoms with van der Waals surface area (Å²) in [5.41, 5.74) is 0.882. The molecule has 80 valence electrons. The van der Waals surface area contributed by atoms with Crippen molar-refractivity contribution in [3.63, 3.8) is 0 Å². The molecule has 1 rings (SSSR count). The Kier molecular flexibility index (Phi) is 4.49. The number of aldehydes is 1. The van der Waals surface area contributed by atoms with Gasteiger partial charge >= 0.3 is 5.97 Å². The van der Waals surface area contributed by atoms with Crippen LogP contribution in [0.1, 0.15) is 24.3 Å². The molecule has 0 radical (unpaired) electrons. The van der Waals surface area contributed by atoms with E-state index in [1.54, 1.807) is 0 Å². The number of rotatable bonds is 5. The summed E-state index contributed by atoms with van der Waals surface area (Å²) in [6, 6.07) is 7.35. The van der Waals surface area contributed by atoms with Crippen molar-refractivity contribution in [2.75, 3.05) is 0 Å². The van der Waals surface area contributed by atoms with Crippen molar-refractivity contribution in [1.82, 2.24) is 0 Å². The van der Waals surface area contributed by atoms with Gasteiger partial charge in [-0.15, -0.1) is 0 Å². The summed E-state index contributed by atoms with van der Waals surface area (Å²) in [4.78, 5) is 21.0. The first kappa shape index (κ1) is 11.9. The van der Waals surface area contributed by atoms with Gasteiger partial charge in [-0.1, -0.05) is 28.1 Å². The van der Waals surface area contributed by atoms with Gasteiger partial charge in [0.15, 0.2) is 0 Å². The fourth-order valence-corrected chi connectivity index (χ4v) is 1.66. The third kappa shape index (κ3) is 3.83. The summed E-state index contributed by atoms with van der Waals surface area (Å²) >= 11 is 3.30. The SMILES string of the molecule is O=CCC(CC(=O)O)c1ccc(Br)cc1. The summed E-state index contributed by atoms with van der Waals surface area (Å²) < 4.78 is 0.937. The number of carbonyl (C=O) groups excluding carboxylic acids is 1. The molecule has 0 saturated carbocycles. The van der Waals surface area contributed by atoms with E-state index in [1.165, 1.54) is 0 Å². The van der Waals surface area contributed by atoms with E-state index in [1.807, 2.05) is 24.3 Å². The van der Waals surface area contributed by atoms with Crippen LogP contribution in [0.3, 0.4) is 0 Å². The summed E-state index contributed by atoms with van der Waals surface area (Å²) in [5, 5.41) is 8.70. The van der Waals surface area contributed by atoms with Crippen LogP contribution in [0, 0.1) is 0 Å². The minimum atomic E-state index is -0.884. The lowest BCUT2D eigenvalue weighted by Crippen LogP contribution is -2.06.